The molecule has 6 heteroatoms. The maximum Gasteiger partial charge on any atom is 0.339 e. The molecule has 1 heterocycles. The van der Waals surface area contributed by atoms with Crippen molar-refractivity contribution in [1.82, 2.24) is 4.98 Å². The highest BCUT2D eigenvalue weighted by Crippen LogP contribution is 2.19. The number of amides is 1. The van der Waals surface area contributed by atoms with Crippen molar-refractivity contribution in [3.05, 3.63) is 59.4 Å². The van der Waals surface area contributed by atoms with E-state index in [2.05, 4.69) is 4.98 Å². The SMILES string of the molecule is NC(=O)c1ccccc1COc1cnccc1C(=O)O. The van der Waals surface area contributed by atoms with Crippen LogP contribution >= 0.6 is 0 Å². The number of aromatic carboxylic acids is 1. The number of carbonyl (C=O) groups excluding carboxylic acids is 1. The summed E-state index contributed by atoms with van der Waals surface area (Å²) in [4.78, 5) is 26.1. The number of nitrogens with two attached hydrogens (primary N) is 1. The molecule has 1 amide bonds. The van der Waals surface area contributed by atoms with Gasteiger partial charge in [-0.3, -0.25) is 9.78 Å². The molecule has 2 aromatic rings. The molecule has 0 unspecified atom stereocenters. The molecule has 3 N–H and O–H groups in total. The average Bonchev–Trinajstić information content (AvgIpc) is 2.45. The number of carboxylic acids is 1. The van der Waals surface area contributed by atoms with E-state index in [0.717, 1.165) is 0 Å². The normalized spacial score (nSPS) is 10.0. The van der Waals surface area contributed by atoms with E-state index < -0.39 is 11.9 Å². The zero-order valence-electron chi connectivity index (χ0n) is 10.4. The summed E-state index contributed by atoms with van der Waals surface area (Å²) in [6.45, 7) is 0.0328. The van der Waals surface area contributed by atoms with Gasteiger partial charge in [0.05, 0.1) is 6.20 Å². The summed E-state index contributed by atoms with van der Waals surface area (Å²) in [7, 11) is 0. The van der Waals surface area contributed by atoms with Gasteiger partial charge in [0, 0.05) is 17.3 Å². The molecule has 102 valence electrons. The van der Waals surface area contributed by atoms with Gasteiger partial charge in [0.2, 0.25) is 5.91 Å². The Hall–Kier alpha value is -2.89. The second kappa shape index (κ2) is 5.83. The largest absolute Gasteiger partial charge is 0.486 e. The van der Waals surface area contributed by atoms with Crippen LogP contribution in [0.25, 0.3) is 0 Å². The van der Waals surface area contributed by atoms with Crippen molar-refractivity contribution in [3.8, 4) is 5.75 Å². The molecular formula is C14H12N2O4. The fourth-order valence-electron chi connectivity index (χ4n) is 1.71. The molecule has 0 radical (unpaired) electrons. The first-order valence-electron chi connectivity index (χ1n) is 5.77. The summed E-state index contributed by atoms with van der Waals surface area (Å²) in [5.41, 5.74) is 6.20. The summed E-state index contributed by atoms with van der Waals surface area (Å²) in [6.07, 6.45) is 2.68. The van der Waals surface area contributed by atoms with Crippen LogP contribution < -0.4 is 10.5 Å². The van der Waals surface area contributed by atoms with Crippen LogP contribution in [0.4, 0.5) is 0 Å². The number of benzene rings is 1. The van der Waals surface area contributed by atoms with E-state index in [-0.39, 0.29) is 17.9 Å². The number of carbonyl (C=O) groups is 2. The molecule has 0 atom stereocenters. The minimum Gasteiger partial charge on any atom is -0.486 e. The number of primary amides is 1. The number of nitrogens with zero attached hydrogens (tertiary/aromatic N) is 1. The second-order valence-electron chi connectivity index (χ2n) is 3.99. The third-order valence-electron chi connectivity index (χ3n) is 2.68. The topological polar surface area (TPSA) is 103 Å². The average molecular weight is 272 g/mol. The van der Waals surface area contributed by atoms with Crippen LogP contribution in [0.1, 0.15) is 26.3 Å². The van der Waals surface area contributed by atoms with E-state index >= 15 is 0 Å². The number of ether oxygens (including phenoxy) is 1. The number of pyridine rings is 1. The van der Waals surface area contributed by atoms with E-state index in [4.69, 9.17) is 15.6 Å². The molecule has 0 aliphatic carbocycles. The predicted octanol–water partition coefficient (Wildman–Crippen LogP) is 1.46. The minimum absolute atomic E-state index is 0.0107. The van der Waals surface area contributed by atoms with Gasteiger partial charge in [-0.25, -0.2) is 4.79 Å². The molecule has 0 saturated heterocycles. The van der Waals surface area contributed by atoms with E-state index in [9.17, 15) is 9.59 Å². The molecule has 0 spiro atoms. The van der Waals surface area contributed by atoms with Crippen LogP contribution in [0.3, 0.4) is 0 Å². The quantitative estimate of drug-likeness (QED) is 0.857. The third-order valence-corrected chi connectivity index (χ3v) is 2.68. The van der Waals surface area contributed by atoms with Crippen molar-refractivity contribution in [3.63, 3.8) is 0 Å². The smallest absolute Gasteiger partial charge is 0.339 e. The van der Waals surface area contributed by atoms with Gasteiger partial charge < -0.3 is 15.6 Å². The van der Waals surface area contributed by atoms with Gasteiger partial charge in [-0.2, -0.15) is 0 Å². The fraction of sp³-hybridized carbons (Fsp3) is 0.0714. The van der Waals surface area contributed by atoms with Crippen molar-refractivity contribution in [1.29, 1.82) is 0 Å². The summed E-state index contributed by atoms with van der Waals surface area (Å²) >= 11 is 0. The van der Waals surface area contributed by atoms with Crippen LogP contribution in [0.15, 0.2) is 42.7 Å². The summed E-state index contributed by atoms with van der Waals surface area (Å²) in [5, 5.41) is 9.02. The zero-order chi connectivity index (χ0) is 14.5. The van der Waals surface area contributed by atoms with Gasteiger partial charge in [0.1, 0.15) is 12.2 Å². The molecule has 0 saturated carbocycles. The molecule has 6 nitrogen and oxygen atoms in total. The molecule has 0 aliphatic rings. The molecule has 0 aliphatic heterocycles. The Balaban J connectivity index is 2.22. The number of hydrogen-bond acceptors (Lipinski definition) is 4. The Labute approximate surface area is 114 Å². The third kappa shape index (κ3) is 2.92. The van der Waals surface area contributed by atoms with Crippen LogP contribution in [0.5, 0.6) is 5.75 Å². The highest BCUT2D eigenvalue weighted by Gasteiger charge is 2.12. The number of rotatable bonds is 5. The van der Waals surface area contributed by atoms with E-state index in [1.807, 2.05) is 0 Å². The van der Waals surface area contributed by atoms with Crippen molar-refractivity contribution in [2.75, 3.05) is 0 Å². The van der Waals surface area contributed by atoms with Gasteiger partial charge in [-0.05, 0) is 12.1 Å². The molecule has 1 aromatic heterocycles. The second-order valence-corrected chi connectivity index (χ2v) is 3.99. The molecule has 20 heavy (non-hydrogen) atoms. The molecule has 0 bridgehead atoms. The first kappa shape index (κ1) is 13.5. The van der Waals surface area contributed by atoms with Crippen LogP contribution in [0.2, 0.25) is 0 Å². The monoisotopic (exact) mass is 272 g/mol. The molecule has 2 rings (SSSR count). The number of aromatic nitrogens is 1. The van der Waals surface area contributed by atoms with Crippen LogP contribution in [0, 0.1) is 0 Å². The Morgan fingerprint density at radius 3 is 2.65 bits per heavy atom. The highest BCUT2D eigenvalue weighted by atomic mass is 16.5. The number of hydrogen-bond donors (Lipinski definition) is 2. The highest BCUT2D eigenvalue weighted by molar-refractivity contribution is 5.94. The Bertz CT molecular complexity index is 598. The van der Waals surface area contributed by atoms with Crippen molar-refractivity contribution >= 4 is 11.9 Å². The van der Waals surface area contributed by atoms with Gasteiger partial charge in [0.25, 0.3) is 0 Å². The van der Waals surface area contributed by atoms with Gasteiger partial charge in [-0.1, -0.05) is 18.2 Å². The summed E-state index contributed by atoms with van der Waals surface area (Å²) in [6, 6.07) is 8.06. The van der Waals surface area contributed by atoms with Crippen LogP contribution in [-0.2, 0) is 6.61 Å². The summed E-state index contributed by atoms with van der Waals surface area (Å²) < 4.78 is 5.42. The lowest BCUT2D eigenvalue weighted by atomic mass is 10.1. The first-order chi connectivity index (χ1) is 9.59. The van der Waals surface area contributed by atoms with E-state index in [1.165, 1.54) is 18.5 Å². The lowest BCUT2D eigenvalue weighted by Gasteiger charge is -2.10. The Morgan fingerprint density at radius 1 is 1.20 bits per heavy atom. The maximum atomic E-state index is 11.3. The van der Waals surface area contributed by atoms with Gasteiger partial charge in [-0.15, -0.1) is 0 Å². The van der Waals surface area contributed by atoms with Crippen molar-refractivity contribution in [2.45, 2.75) is 6.61 Å². The van der Waals surface area contributed by atoms with Crippen molar-refractivity contribution < 1.29 is 19.4 Å². The van der Waals surface area contributed by atoms with E-state index in [0.29, 0.717) is 11.1 Å². The van der Waals surface area contributed by atoms with Gasteiger partial charge >= 0.3 is 5.97 Å². The lowest BCUT2D eigenvalue weighted by Crippen LogP contribution is -2.15. The van der Waals surface area contributed by atoms with Gasteiger partial charge in [0.15, 0.2) is 5.75 Å². The molecular weight excluding hydrogens is 260 g/mol. The zero-order valence-corrected chi connectivity index (χ0v) is 10.4. The molecule has 1 aromatic carbocycles. The fourth-order valence-corrected chi connectivity index (χ4v) is 1.71. The van der Waals surface area contributed by atoms with E-state index in [1.54, 1.807) is 24.3 Å². The predicted molar refractivity (Wildman–Crippen MR) is 70.5 cm³/mol. The Morgan fingerprint density at radius 2 is 1.95 bits per heavy atom. The Kier molecular flexibility index (Phi) is 3.95. The summed E-state index contributed by atoms with van der Waals surface area (Å²) in [5.74, 6) is -1.53. The lowest BCUT2D eigenvalue weighted by molar-refractivity contribution is 0.0691. The van der Waals surface area contributed by atoms with Crippen LogP contribution in [-0.4, -0.2) is 22.0 Å². The molecule has 0 fully saturated rings. The van der Waals surface area contributed by atoms with Crippen molar-refractivity contribution in [2.24, 2.45) is 5.73 Å². The first-order valence-corrected chi connectivity index (χ1v) is 5.77. The minimum atomic E-state index is -1.11. The number of carboxylic acid groups (broad SMARTS) is 1. The maximum absolute atomic E-state index is 11.3. The standard InChI is InChI=1S/C14H12N2O4/c15-13(17)10-4-2-1-3-9(10)8-20-12-7-16-6-5-11(12)14(18)19/h1-7H,8H2,(H2,15,17)(H,18,19).